The van der Waals surface area contributed by atoms with E-state index >= 15 is 0 Å². The highest BCUT2D eigenvalue weighted by atomic mass is 127. The van der Waals surface area contributed by atoms with Crippen LogP contribution in [0.5, 0.6) is 11.5 Å². The van der Waals surface area contributed by atoms with E-state index in [1.165, 1.54) is 19.3 Å². The summed E-state index contributed by atoms with van der Waals surface area (Å²) in [6.45, 7) is 2.06. The van der Waals surface area contributed by atoms with Gasteiger partial charge < -0.3 is 9.84 Å². The number of rotatable bonds is 3. The van der Waals surface area contributed by atoms with Crippen LogP contribution in [0.1, 0.15) is 24.8 Å². The molecule has 1 aromatic rings. The molecule has 0 aliphatic carbocycles. The third kappa shape index (κ3) is 3.28. The van der Waals surface area contributed by atoms with Crippen molar-refractivity contribution in [2.75, 3.05) is 20.2 Å². The first-order valence-electron chi connectivity index (χ1n) is 6.06. The predicted molar refractivity (Wildman–Crippen MR) is 80.4 cm³/mol. The average Bonchev–Trinajstić information content (AvgIpc) is 2.41. The molecular formula is C13H17IN2O2. The summed E-state index contributed by atoms with van der Waals surface area (Å²) < 4.78 is 5.90. The van der Waals surface area contributed by atoms with Crippen molar-refractivity contribution < 1.29 is 9.84 Å². The fourth-order valence-corrected chi connectivity index (χ4v) is 2.59. The van der Waals surface area contributed by atoms with E-state index < -0.39 is 0 Å². The van der Waals surface area contributed by atoms with Crippen molar-refractivity contribution in [2.45, 2.75) is 19.3 Å². The molecule has 0 radical (unpaired) electrons. The van der Waals surface area contributed by atoms with Gasteiger partial charge in [0.15, 0.2) is 11.5 Å². The van der Waals surface area contributed by atoms with Crippen LogP contribution in [0.2, 0.25) is 0 Å². The Bertz CT molecular complexity index is 443. The number of nitrogens with zero attached hydrogens (tertiary/aromatic N) is 2. The van der Waals surface area contributed by atoms with E-state index in [0.717, 1.165) is 22.2 Å². The molecule has 18 heavy (non-hydrogen) atoms. The Kier molecular flexibility index (Phi) is 4.68. The first kappa shape index (κ1) is 13.5. The molecule has 0 spiro atoms. The first-order valence-corrected chi connectivity index (χ1v) is 7.14. The molecular weight excluding hydrogens is 343 g/mol. The van der Waals surface area contributed by atoms with Crippen molar-refractivity contribution in [2.24, 2.45) is 5.10 Å². The standard InChI is InChI=1S/C13H17IN2O2/c1-18-12-8-10(7-11(14)13(12)17)9-15-16-5-3-2-4-6-16/h7-9,17H,2-6H2,1H3/b15-9+. The second-order valence-electron chi connectivity index (χ2n) is 4.31. The lowest BCUT2D eigenvalue weighted by Gasteiger charge is -2.23. The lowest BCUT2D eigenvalue weighted by atomic mass is 10.2. The van der Waals surface area contributed by atoms with Crippen LogP contribution >= 0.6 is 22.6 Å². The monoisotopic (exact) mass is 360 g/mol. The minimum Gasteiger partial charge on any atom is -0.504 e. The van der Waals surface area contributed by atoms with E-state index in [1.807, 2.05) is 12.3 Å². The smallest absolute Gasteiger partial charge is 0.171 e. The van der Waals surface area contributed by atoms with Crippen LogP contribution in [0.3, 0.4) is 0 Å². The van der Waals surface area contributed by atoms with Gasteiger partial charge in [-0.1, -0.05) is 0 Å². The zero-order valence-corrected chi connectivity index (χ0v) is 12.6. The summed E-state index contributed by atoms with van der Waals surface area (Å²) in [6, 6.07) is 3.69. The maximum absolute atomic E-state index is 9.75. The first-order chi connectivity index (χ1) is 8.70. The fraction of sp³-hybridized carbons (Fsp3) is 0.462. The topological polar surface area (TPSA) is 45.1 Å². The van der Waals surface area contributed by atoms with Crippen molar-refractivity contribution in [1.82, 2.24) is 5.01 Å². The Hall–Kier alpha value is -0.980. The molecule has 1 saturated heterocycles. The summed E-state index contributed by atoms with van der Waals surface area (Å²) in [4.78, 5) is 0. The molecule has 1 fully saturated rings. The molecule has 1 aliphatic heterocycles. The molecule has 1 heterocycles. The fourth-order valence-electron chi connectivity index (χ4n) is 1.96. The van der Waals surface area contributed by atoms with Gasteiger partial charge in [-0.2, -0.15) is 5.10 Å². The Balaban J connectivity index is 2.13. The second-order valence-corrected chi connectivity index (χ2v) is 5.47. The van der Waals surface area contributed by atoms with Gasteiger partial charge in [0.25, 0.3) is 0 Å². The summed E-state index contributed by atoms with van der Waals surface area (Å²) in [5.74, 6) is 0.676. The van der Waals surface area contributed by atoms with Crippen molar-refractivity contribution in [3.63, 3.8) is 0 Å². The molecule has 0 atom stereocenters. The van der Waals surface area contributed by atoms with Gasteiger partial charge >= 0.3 is 0 Å². The van der Waals surface area contributed by atoms with Gasteiger partial charge in [0.1, 0.15) is 0 Å². The number of hydrogen-bond donors (Lipinski definition) is 1. The predicted octanol–water partition coefficient (Wildman–Crippen LogP) is 2.83. The summed E-state index contributed by atoms with van der Waals surface area (Å²) in [6.07, 6.45) is 5.56. The third-order valence-electron chi connectivity index (χ3n) is 2.97. The summed E-state index contributed by atoms with van der Waals surface area (Å²) in [7, 11) is 1.55. The number of methoxy groups -OCH3 is 1. The van der Waals surface area contributed by atoms with Crippen molar-refractivity contribution in [3.8, 4) is 11.5 Å². The Morgan fingerprint density at radius 1 is 1.33 bits per heavy atom. The minimum absolute atomic E-state index is 0.188. The van der Waals surface area contributed by atoms with E-state index in [1.54, 1.807) is 13.2 Å². The second kappa shape index (κ2) is 6.26. The normalized spacial score (nSPS) is 16.2. The molecule has 0 bridgehead atoms. The van der Waals surface area contributed by atoms with Crippen molar-refractivity contribution in [3.05, 3.63) is 21.3 Å². The van der Waals surface area contributed by atoms with Crippen LogP contribution in [0.4, 0.5) is 0 Å². The molecule has 5 heteroatoms. The van der Waals surface area contributed by atoms with Gasteiger partial charge in [0, 0.05) is 13.1 Å². The highest BCUT2D eigenvalue weighted by Crippen LogP contribution is 2.31. The van der Waals surface area contributed by atoms with E-state index in [4.69, 9.17) is 4.74 Å². The molecule has 0 saturated carbocycles. The number of hydrazone groups is 1. The third-order valence-corrected chi connectivity index (χ3v) is 3.80. The molecule has 1 N–H and O–H groups in total. The number of phenols is 1. The van der Waals surface area contributed by atoms with Crippen LogP contribution < -0.4 is 4.74 Å². The number of phenolic OH excluding ortho intramolecular Hbond substituents is 1. The zero-order chi connectivity index (χ0) is 13.0. The Labute approximate surface area is 121 Å². The molecule has 0 aromatic heterocycles. The summed E-state index contributed by atoms with van der Waals surface area (Å²) >= 11 is 2.09. The van der Waals surface area contributed by atoms with Gasteiger partial charge in [-0.05, 0) is 59.5 Å². The minimum atomic E-state index is 0.188. The highest BCUT2D eigenvalue weighted by molar-refractivity contribution is 14.1. The van der Waals surface area contributed by atoms with Crippen LogP contribution in [0.15, 0.2) is 17.2 Å². The van der Waals surface area contributed by atoms with Crippen LogP contribution in [-0.4, -0.2) is 36.5 Å². The van der Waals surface area contributed by atoms with Gasteiger partial charge in [-0.15, -0.1) is 0 Å². The number of hydrogen-bond acceptors (Lipinski definition) is 4. The molecule has 1 aliphatic rings. The molecule has 2 rings (SSSR count). The number of ether oxygens (including phenoxy) is 1. The van der Waals surface area contributed by atoms with E-state index in [2.05, 4.69) is 32.7 Å². The molecule has 98 valence electrons. The van der Waals surface area contributed by atoms with E-state index in [9.17, 15) is 5.11 Å². The number of piperidine rings is 1. The van der Waals surface area contributed by atoms with Crippen molar-refractivity contribution in [1.29, 1.82) is 0 Å². The van der Waals surface area contributed by atoms with E-state index in [-0.39, 0.29) is 5.75 Å². The quantitative estimate of drug-likeness (QED) is 0.666. The summed E-state index contributed by atoms with van der Waals surface area (Å²) in [5, 5.41) is 16.3. The largest absolute Gasteiger partial charge is 0.504 e. The maximum Gasteiger partial charge on any atom is 0.171 e. The van der Waals surface area contributed by atoms with Gasteiger partial charge in [0.05, 0.1) is 16.9 Å². The maximum atomic E-state index is 9.75. The number of aromatic hydroxyl groups is 1. The van der Waals surface area contributed by atoms with Gasteiger partial charge in [-0.3, -0.25) is 5.01 Å². The molecule has 4 nitrogen and oxygen atoms in total. The highest BCUT2D eigenvalue weighted by Gasteiger charge is 2.09. The van der Waals surface area contributed by atoms with E-state index in [0.29, 0.717) is 5.75 Å². The lowest BCUT2D eigenvalue weighted by molar-refractivity contribution is 0.240. The Morgan fingerprint density at radius 3 is 2.72 bits per heavy atom. The van der Waals surface area contributed by atoms with Gasteiger partial charge in [-0.25, -0.2) is 0 Å². The molecule has 1 aromatic carbocycles. The van der Waals surface area contributed by atoms with Gasteiger partial charge in [0.2, 0.25) is 0 Å². The Morgan fingerprint density at radius 2 is 2.06 bits per heavy atom. The number of halogens is 1. The SMILES string of the molecule is COc1cc(/C=N/N2CCCCC2)cc(I)c1O. The van der Waals surface area contributed by atoms with Crippen LogP contribution in [-0.2, 0) is 0 Å². The number of benzene rings is 1. The zero-order valence-electron chi connectivity index (χ0n) is 10.4. The summed E-state index contributed by atoms with van der Waals surface area (Å²) in [5.41, 5.74) is 0.944. The molecule has 0 amide bonds. The van der Waals surface area contributed by atoms with Crippen LogP contribution in [0, 0.1) is 3.57 Å². The average molecular weight is 360 g/mol. The molecule has 0 unspecified atom stereocenters. The lowest BCUT2D eigenvalue weighted by Crippen LogP contribution is -2.24. The van der Waals surface area contributed by atoms with Crippen LogP contribution in [0.25, 0.3) is 0 Å². The van der Waals surface area contributed by atoms with Crippen molar-refractivity contribution >= 4 is 28.8 Å².